The van der Waals surface area contributed by atoms with Crippen LogP contribution in [0.15, 0.2) is 69.9 Å². The summed E-state index contributed by atoms with van der Waals surface area (Å²) in [5.41, 5.74) is 14.3. The number of carbonyl (C=O) groups excluding carboxylic acids is 4. The number of phenols is 1. The third-order valence-corrected chi connectivity index (χ3v) is 11.8. The van der Waals surface area contributed by atoms with Gasteiger partial charge in [-0.2, -0.15) is 0 Å². The molecule has 0 aliphatic carbocycles. The number of amides is 5. The Balaban J connectivity index is 1.19. The molecule has 5 amide bonds. The molecule has 0 unspecified atom stereocenters. The average Bonchev–Trinajstić information content (AvgIpc) is 3.19. The number of likely N-dealkylation sites (tertiary alicyclic amines) is 1. The summed E-state index contributed by atoms with van der Waals surface area (Å²) in [5.74, 6) is -1.07. The summed E-state index contributed by atoms with van der Waals surface area (Å²) in [4.78, 5) is 67.5. The molecule has 0 bridgehead atoms. The van der Waals surface area contributed by atoms with Crippen molar-refractivity contribution in [2.24, 2.45) is 11.5 Å². The van der Waals surface area contributed by atoms with E-state index in [1.54, 1.807) is 34.3 Å². The first-order valence-corrected chi connectivity index (χ1v) is 19.9. The third kappa shape index (κ3) is 8.82. The fourth-order valence-electron chi connectivity index (χ4n) is 7.52. The standard InChI is InChI=1S/C38H47Br2N9O5/c39-29-21-25(22-30(40)33(29)50)23-32(45-36(53)48-15-9-28(10-16-48)49-24-26-5-1-2-6-31(26)44-37(49)54)34(51)38(42,11-3-4-12-41)35(52)47-19-17-46(18-20-47)27-7-13-43-14-8-27/h1-2,5-8,13-14,21-22,28,32,50H,3-4,9-12,15-20,23-24,41-42H2,(H,44,54)(H,45,53)/t32-,38-/m1/s1. The molecule has 6 rings (SSSR count). The number of ketones is 1. The highest BCUT2D eigenvalue weighted by Crippen LogP contribution is 2.34. The van der Waals surface area contributed by atoms with Gasteiger partial charge in [-0.15, -0.1) is 0 Å². The van der Waals surface area contributed by atoms with Gasteiger partial charge in [0.25, 0.3) is 5.91 Å². The second kappa shape index (κ2) is 17.5. The number of nitrogens with two attached hydrogens (primary N) is 2. The number of piperazine rings is 1. The molecule has 16 heteroatoms. The van der Waals surface area contributed by atoms with Crippen LogP contribution in [0.1, 0.15) is 43.2 Å². The largest absolute Gasteiger partial charge is 0.506 e. The molecule has 0 saturated carbocycles. The lowest BCUT2D eigenvalue weighted by Gasteiger charge is -2.42. The fraction of sp³-hybridized carbons (Fsp3) is 0.447. The van der Waals surface area contributed by atoms with Gasteiger partial charge in [-0.25, -0.2) is 9.59 Å². The number of Topliss-reactive ketones (excluding diaryl/α,β-unsaturated/α-hetero) is 1. The summed E-state index contributed by atoms with van der Waals surface area (Å²) < 4.78 is 0.807. The molecule has 54 heavy (non-hydrogen) atoms. The maximum absolute atomic E-state index is 14.8. The SMILES string of the molecule is NCCCC[C@@](N)(C(=O)[C@@H](Cc1cc(Br)c(O)c(Br)c1)NC(=O)N1CCC(N2Cc3ccccc3NC2=O)CC1)C(=O)N1CCN(c2ccncc2)CC1. The number of aromatic nitrogens is 1. The highest BCUT2D eigenvalue weighted by atomic mass is 79.9. The predicted octanol–water partition coefficient (Wildman–Crippen LogP) is 4.19. The molecule has 2 aromatic carbocycles. The summed E-state index contributed by atoms with van der Waals surface area (Å²) in [5, 5.41) is 16.3. The minimum Gasteiger partial charge on any atom is -0.506 e. The van der Waals surface area contributed by atoms with E-state index in [1.807, 2.05) is 41.3 Å². The van der Waals surface area contributed by atoms with Gasteiger partial charge in [0.1, 0.15) is 5.75 Å². The van der Waals surface area contributed by atoms with Crippen molar-refractivity contribution in [2.75, 3.05) is 56.0 Å². The van der Waals surface area contributed by atoms with Crippen molar-refractivity contribution in [2.45, 2.75) is 62.7 Å². The lowest BCUT2D eigenvalue weighted by Crippen LogP contribution is -2.67. The zero-order valence-corrected chi connectivity index (χ0v) is 33.2. The smallest absolute Gasteiger partial charge is 0.322 e. The van der Waals surface area contributed by atoms with Crippen LogP contribution in [0.5, 0.6) is 5.75 Å². The Morgan fingerprint density at radius 2 is 1.63 bits per heavy atom. The Bertz CT molecular complexity index is 1810. The van der Waals surface area contributed by atoms with E-state index in [0.717, 1.165) is 16.9 Å². The van der Waals surface area contributed by atoms with Gasteiger partial charge in [-0.1, -0.05) is 18.2 Å². The van der Waals surface area contributed by atoms with Crippen LogP contribution in [-0.2, 0) is 22.6 Å². The van der Waals surface area contributed by atoms with Crippen LogP contribution in [-0.4, -0.2) is 112 Å². The number of carbonyl (C=O) groups is 4. The Kier molecular flexibility index (Phi) is 12.8. The van der Waals surface area contributed by atoms with Crippen LogP contribution in [0, 0.1) is 0 Å². The number of nitrogens with one attached hydrogen (secondary N) is 2. The number of piperidine rings is 1. The molecule has 2 atom stereocenters. The second-order valence-corrected chi connectivity index (χ2v) is 15.8. The van der Waals surface area contributed by atoms with Gasteiger partial charge < -0.3 is 46.8 Å². The first-order chi connectivity index (χ1) is 26.0. The normalized spacial score (nSPS) is 18.0. The van der Waals surface area contributed by atoms with Crippen LogP contribution in [0.2, 0.25) is 0 Å². The van der Waals surface area contributed by atoms with E-state index >= 15 is 0 Å². The molecule has 0 radical (unpaired) electrons. The molecule has 2 saturated heterocycles. The monoisotopic (exact) mass is 867 g/mol. The van der Waals surface area contributed by atoms with Crippen molar-refractivity contribution < 1.29 is 24.3 Å². The van der Waals surface area contributed by atoms with Gasteiger partial charge >= 0.3 is 12.1 Å². The number of nitrogens with zero attached hydrogens (tertiary/aromatic N) is 5. The number of halogens is 2. The topological polar surface area (TPSA) is 190 Å². The zero-order chi connectivity index (χ0) is 38.4. The Morgan fingerprint density at radius 3 is 2.30 bits per heavy atom. The van der Waals surface area contributed by atoms with Gasteiger partial charge in [0.15, 0.2) is 11.3 Å². The van der Waals surface area contributed by atoms with Gasteiger partial charge in [-0.3, -0.25) is 14.6 Å². The maximum atomic E-state index is 14.8. The summed E-state index contributed by atoms with van der Waals surface area (Å²) >= 11 is 6.74. The number of para-hydroxylation sites is 1. The number of benzene rings is 2. The van der Waals surface area contributed by atoms with E-state index in [-0.39, 0.29) is 30.7 Å². The Morgan fingerprint density at radius 1 is 0.963 bits per heavy atom. The number of urea groups is 2. The molecule has 4 heterocycles. The first-order valence-electron chi connectivity index (χ1n) is 18.3. The molecule has 1 aromatic heterocycles. The van der Waals surface area contributed by atoms with E-state index in [0.29, 0.717) is 92.6 Å². The number of pyridine rings is 1. The number of unbranched alkanes of at least 4 members (excludes halogenated alkanes) is 1. The van der Waals surface area contributed by atoms with E-state index in [9.17, 15) is 24.3 Å². The maximum Gasteiger partial charge on any atom is 0.322 e. The predicted molar refractivity (Wildman–Crippen MR) is 213 cm³/mol. The van der Waals surface area contributed by atoms with Crippen LogP contribution >= 0.6 is 31.9 Å². The van der Waals surface area contributed by atoms with E-state index in [1.165, 1.54) is 0 Å². The van der Waals surface area contributed by atoms with Gasteiger partial charge in [-0.05, 0) is 118 Å². The molecule has 3 aliphatic rings. The van der Waals surface area contributed by atoms with E-state index < -0.39 is 29.3 Å². The number of rotatable bonds is 12. The van der Waals surface area contributed by atoms with Crippen LogP contribution in [0.4, 0.5) is 21.0 Å². The number of aromatic hydroxyl groups is 1. The summed E-state index contributed by atoms with van der Waals surface area (Å²) in [6.45, 7) is 3.45. The summed E-state index contributed by atoms with van der Waals surface area (Å²) in [6, 6.07) is 13.0. The van der Waals surface area contributed by atoms with Crippen molar-refractivity contribution in [3.8, 4) is 5.75 Å². The van der Waals surface area contributed by atoms with Crippen molar-refractivity contribution in [1.82, 2.24) is 25.0 Å². The highest BCUT2D eigenvalue weighted by molar-refractivity contribution is 9.11. The molecule has 7 N–H and O–H groups in total. The van der Waals surface area contributed by atoms with Crippen LogP contribution in [0.3, 0.4) is 0 Å². The first kappa shape index (κ1) is 39.4. The number of phenolic OH excluding ortho intramolecular Hbond substituents is 1. The second-order valence-electron chi connectivity index (χ2n) is 14.1. The molecule has 288 valence electrons. The molecule has 0 spiro atoms. The van der Waals surface area contributed by atoms with E-state index in [4.69, 9.17) is 11.5 Å². The minimum absolute atomic E-state index is 0.00421. The number of fused-ring (bicyclic) bond motifs is 1. The van der Waals surface area contributed by atoms with E-state index in [2.05, 4.69) is 52.4 Å². The Labute approximate surface area is 331 Å². The number of hydrogen-bond donors (Lipinski definition) is 5. The lowest BCUT2D eigenvalue weighted by atomic mass is 9.82. The Hall–Kier alpha value is -4.25. The van der Waals surface area contributed by atoms with Crippen molar-refractivity contribution in [3.63, 3.8) is 0 Å². The van der Waals surface area contributed by atoms with Gasteiger partial charge in [0.2, 0.25) is 0 Å². The highest BCUT2D eigenvalue weighted by Gasteiger charge is 2.48. The van der Waals surface area contributed by atoms with Crippen molar-refractivity contribution >= 4 is 67.0 Å². The minimum atomic E-state index is -1.93. The number of anilines is 2. The average molecular weight is 870 g/mol. The quantitative estimate of drug-likeness (QED) is 0.131. The molecular weight excluding hydrogens is 822 g/mol. The van der Waals surface area contributed by atoms with Gasteiger partial charge in [0, 0.05) is 75.6 Å². The van der Waals surface area contributed by atoms with Crippen molar-refractivity contribution in [1.29, 1.82) is 0 Å². The third-order valence-electron chi connectivity index (χ3n) is 10.6. The summed E-state index contributed by atoms with van der Waals surface area (Å²) in [7, 11) is 0. The molecular formula is C38H47Br2N9O5. The van der Waals surface area contributed by atoms with Crippen LogP contribution < -0.4 is 27.0 Å². The number of hydrogen-bond acceptors (Lipinski definition) is 9. The molecule has 3 aromatic rings. The van der Waals surface area contributed by atoms with Gasteiger partial charge in [0.05, 0.1) is 15.0 Å². The lowest BCUT2D eigenvalue weighted by molar-refractivity contribution is -0.144. The molecule has 2 fully saturated rings. The molecule has 3 aliphatic heterocycles. The van der Waals surface area contributed by atoms with Crippen LogP contribution in [0.25, 0.3) is 0 Å². The molecule has 14 nitrogen and oxygen atoms in total. The van der Waals surface area contributed by atoms with Crippen molar-refractivity contribution in [3.05, 3.63) is 81.0 Å². The summed E-state index contributed by atoms with van der Waals surface area (Å²) in [6.07, 6.45) is 5.66. The zero-order valence-electron chi connectivity index (χ0n) is 30.1. The fourth-order valence-corrected chi connectivity index (χ4v) is 8.80.